The normalized spacial score (nSPS) is 19.0. The molecule has 174 valence electrons. The Morgan fingerprint density at radius 1 is 1.37 bits per heavy atom. The Hall–Kier alpha value is -1.29. The molecule has 0 aromatic carbocycles. The first-order chi connectivity index (χ1) is 13.3. The molecule has 1 N–H and O–H groups in total. The van der Waals surface area contributed by atoms with E-state index in [9.17, 15) is 18.3 Å². The highest BCUT2D eigenvalue weighted by atomic mass is 32.2. The van der Waals surface area contributed by atoms with Crippen molar-refractivity contribution < 1.29 is 22.8 Å². The molecule has 1 aromatic heterocycles. The number of aliphatic hydroxyl groups excluding tert-OH is 1. The van der Waals surface area contributed by atoms with Crippen LogP contribution in [0.1, 0.15) is 59.4 Å². The Morgan fingerprint density at radius 2 is 2.00 bits per heavy atom. The fourth-order valence-corrected chi connectivity index (χ4v) is 4.42. The Labute approximate surface area is 181 Å². The van der Waals surface area contributed by atoms with Crippen LogP contribution in [0.5, 0.6) is 0 Å². The van der Waals surface area contributed by atoms with E-state index in [2.05, 4.69) is 5.16 Å². The van der Waals surface area contributed by atoms with Crippen LogP contribution in [0.25, 0.3) is 0 Å². The molecule has 0 bridgehead atoms. The summed E-state index contributed by atoms with van der Waals surface area (Å²) in [4.78, 5) is 15.0. The summed E-state index contributed by atoms with van der Waals surface area (Å²) in [7, 11) is -1.29. The summed E-state index contributed by atoms with van der Waals surface area (Å²) >= 11 is 0. The van der Waals surface area contributed by atoms with Gasteiger partial charge in [0.1, 0.15) is 5.76 Å². The molecule has 1 saturated heterocycles. The minimum atomic E-state index is -3.19. The van der Waals surface area contributed by atoms with E-state index in [0.29, 0.717) is 31.1 Å². The lowest BCUT2D eigenvalue weighted by atomic mass is 9.89. The van der Waals surface area contributed by atoms with Gasteiger partial charge in [-0.15, -0.1) is 0 Å². The van der Waals surface area contributed by atoms with Crippen LogP contribution in [0, 0.1) is 5.92 Å². The van der Waals surface area contributed by atoms with Crippen molar-refractivity contribution in [3.8, 4) is 0 Å². The number of carbonyl (C=O) groups is 1. The highest BCUT2D eigenvalue weighted by Crippen LogP contribution is 2.26. The molecular weight excluding hydrogens is 406 g/mol. The zero-order valence-electron chi connectivity index (χ0n) is 18.4. The van der Waals surface area contributed by atoms with E-state index < -0.39 is 21.0 Å². The maximum atomic E-state index is 13.0. The first kappa shape index (κ1) is 26.7. The highest BCUT2D eigenvalue weighted by molar-refractivity contribution is 7.88. The van der Waals surface area contributed by atoms with Crippen LogP contribution in [-0.2, 0) is 26.7 Å². The van der Waals surface area contributed by atoms with Gasteiger partial charge in [0.15, 0.2) is 5.78 Å². The summed E-state index contributed by atoms with van der Waals surface area (Å²) in [5, 5.41) is 13.5. The number of hydrogen-bond donors (Lipinski definition) is 1. The second kappa shape index (κ2) is 9.89. The van der Waals surface area contributed by atoms with Gasteiger partial charge in [-0.3, -0.25) is 9.69 Å². The van der Waals surface area contributed by atoms with Gasteiger partial charge in [0.05, 0.1) is 30.5 Å². The third-order valence-corrected chi connectivity index (χ3v) is 7.37. The average Bonchev–Trinajstić information content (AvgIpc) is 3.10. The number of sulfonamides is 1. The minimum Gasteiger partial charge on any atom is -0.395 e. The molecular formula is C21H39N3O5S. The van der Waals surface area contributed by atoms with Crippen molar-refractivity contribution in [2.45, 2.75) is 65.3 Å². The average molecular weight is 446 g/mol. The van der Waals surface area contributed by atoms with Gasteiger partial charge in [0.2, 0.25) is 10.0 Å². The van der Waals surface area contributed by atoms with Gasteiger partial charge in [-0.05, 0) is 39.7 Å². The lowest BCUT2D eigenvalue weighted by Crippen LogP contribution is -2.52. The molecule has 0 amide bonds. The first-order valence-corrected chi connectivity index (χ1v) is 11.9. The van der Waals surface area contributed by atoms with E-state index in [0.717, 1.165) is 12.8 Å². The summed E-state index contributed by atoms with van der Waals surface area (Å²) in [6.45, 7) is 9.12. The van der Waals surface area contributed by atoms with Crippen molar-refractivity contribution in [1.29, 1.82) is 0 Å². The topological polar surface area (TPSA) is 104 Å². The van der Waals surface area contributed by atoms with E-state index in [1.54, 1.807) is 6.07 Å². The summed E-state index contributed by atoms with van der Waals surface area (Å²) < 4.78 is 30.5. The van der Waals surface area contributed by atoms with Gasteiger partial charge in [-0.2, -0.15) is 0 Å². The van der Waals surface area contributed by atoms with Gasteiger partial charge in [-0.1, -0.05) is 26.4 Å². The summed E-state index contributed by atoms with van der Waals surface area (Å²) in [5.41, 5.74) is -0.631. The second-order valence-electron chi connectivity index (χ2n) is 9.39. The third-order valence-electron chi connectivity index (χ3n) is 6.10. The zero-order valence-corrected chi connectivity index (χ0v) is 19.3. The van der Waals surface area contributed by atoms with Crippen LogP contribution in [0.4, 0.5) is 0 Å². The molecule has 2 heterocycles. The number of rotatable bonds is 9. The van der Waals surface area contributed by atoms with Crippen molar-refractivity contribution in [2.75, 3.05) is 39.5 Å². The number of carbonyl (C=O) groups excluding carboxylic acids is 1. The number of hydrogen-bond acceptors (Lipinski definition) is 7. The van der Waals surface area contributed by atoms with E-state index in [-0.39, 0.29) is 32.2 Å². The smallest absolute Gasteiger partial charge is 0.211 e. The molecule has 0 saturated carbocycles. The van der Waals surface area contributed by atoms with Crippen molar-refractivity contribution in [2.24, 2.45) is 5.92 Å². The molecule has 0 unspecified atom stereocenters. The second-order valence-corrected chi connectivity index (χ2v) is 11.4. The third kappa shape index (κ3) is 6.35. The lowest BCUT2D eigenvalue weighted by Gasteiger charge is -2.39. The number of aromatic nitrogens is 1. The quantitative estimate of drug-likeness (QED) is 0.620. The molecule has 0 aliphatic carbocycles. The van der Waals surface area contributed by atoms with Crippen molar-refractivity contribution in [1.82, 2.24) is 14.4 Å². The molecule has 1 aliphatic rings. The number of aliphatic hydroxyl groups is 1. The van der Waals surface area contributed by atoms with Gasteiger partial charge < -0.3 is 9.63 Å². The van der Waals surface area contributed by atoms with Gasteiger partial charge in [-0.25, -0.2) is 12.7 Å². The Morgan fingerprint density at radius 3 is 2.57 bits per heavy atom. The predicted octanol–water partition coefficient (Wildman–Crippen LogP) is 2.07. The highest BCUT2D eigenvalue weighted by Gasteiger charge is 2.36. The van der Waals surface area contributed by atoms with Gasteiger partial charge >= 0.3 is 0 Å². The molecule has 0 spiro atoms. The van der Waals surface area contributed by atoms with Crippen LogP contribution in [-0.4, -0.2) is 78.8 Å². The van der Waals surface area contributed by atoms with E-state index in [1.165, 1.54) is 10.6 Å². The molecule has 8 nitrogen and oxygen atoms in total. The van der Waals surface area contributed by atoms with Crippen molar-refractivity contribution >= 4 is 15.8 Å². The Balaban J connectivity index is 0.00000450. The minimum absolute atomic E-state index is 0. The molecule has 0 radical (unpaired) electrons. The molecule has 9 heteroatoms. The number of piperidine rings is 1. The van der Waals surface area contributed by atoms with Crippen LogP contribution < -0.4 is 0 Å². The maximum absolute atomic E-state index is 13.0. The molecule has 1 aliphatic heterocycles. The number of nitrogens with zero attached hydrogens (tertiary/aromatic N) is 3. The van der Waals surface area contributed by atoms with E-state index in [1.807, 2.05) is 39.6 Å². The van der Waals surface area contributed by atoms with E-state index >= 15 is 0 Å². The maximum Gasteiger partial charge on any atom is 0.211 e. The lowest BCUT2D eigenvalue weighted by molar-refractivity contribution is -0.128. The largest absolute Gasteiger partial charge is 0.395 e. The van der Waals surface area contributed by atoms with Gasteiger partial charge in [0, 0.05) is 31.1 Å². The fraction of sp³-hybridized carbons (Fsp3) is 0.810. The number of likely N-dealkylation sites (N-methyl/N-ethyl adjacent to an activating group) is 1. The van der Waals surface area contributed by atoms with Gasteiger partial charge in [0.25, 0.3) is 0 Å². The zero-order chi connectivity index (χ0) is 22.0. The Kier molecular flexibility index (Phi) is 8.82. The molecule has 1 atom stereocenters. The number of Topliss-reactive ketones (excluding diaryl/α,β-unsaturated/α-hetero) is 1. The molecule has 2 rings (SSSR count). The first-order valence-electron chi connectivity index (χ1n) is 10.0. The SMILES string of the molecule is C.CN(C[C@H]1CCCN(S(C)(=O)=O)C1)C(C)(C)C(=O)Cc1cc(C(C)(C)CO)no1. The van der Waals surface area contributed by atoms with Crippen LogP contribution in [0.15, 0.2) is 10.6 Å². The summed E-state index contributed by atoms with van der Waals surface area (Å²) in [6, 6.07) is 1.73. The van der Waals surface area contributed by atoms with Crippen molar-refractivity contribution in [3.05, 3.63) is 17.5 Å². The molecule has 1 fully saturated rings. The van der Waals surface area contributed by atoms with Crippen LogP contribution >= 0.6 is 0 Å². The Bertz CT molecular complexity index is 816. The predicted molar refractivity (Wildman–Crippen MR) is 118 cm³/mol. The standard InChI is InChI=1S/C20H35N3O5S.CH4/c1-19(2,14-24)17-10-16(28-21-17)11-18(25)20(3,4)22(5)12-15-8-7-9-23(13-15)29(6,26)27;/h10,15,24H,7-9,11-14H2,1-6H3;1H4/t15-;/m1./s1. The summed E-state index contributed by atoms with van der Waals surface area (Å²) in [6.07, 6.45) is 3.14. The monoisotopic (exact) mass is 445 g/mol. The summed E-state index contributed by atoms with van der Waals surface area (Å²) in [5.74, 6) is 0.673. The van der Waals surface area contributed by atoms with E-state index in [4.69, 9.17) is 4.52 Å². The number of ketones is 1. The fourth-order valence-electron chi connectivity index (χ4n) is 3.48. The molecule has 1 aromatic rings. The van der Waals surface area contributed by atoms with Crippen molar-refractivity contribution in [3.63, 3.8) is 0 Å². The van der Waals surface area contributed by atoms with Crippen LogP contribution in [0.2, 0.25) is 0 Å². The molecule has 30 heavy (non-hydrogen) atoms. The van der Waals surface area contributed by atoms with Crippen LogP contribution in [0.3, 0.4) is 0 Å².